The summed E-state index contributed by atoms with van der Waals surface area (Å²) in [6.07, 6.45) is 3.35. The molecular weight excluding hydrogens is 545 g/mol. The first-order valence-corrected chi connectivity index (χ1v) is 14.7. The van der Waals surface area contributed by atoms with E-state index >= 15 is 0 Å². The topological polar surface area (TPSA) is 82.8 Å². The molecule has 0 saturated carbocycles. The number of hydrogen-bond donors (Lipinski definition) is 1. The minimum atomic E-state index is -4.34. The van der Waals surface area contributed by atoms with Crippen LogP contribution in [0.25, 0.3) is 11.2 Å². The number of alkyl halides is 3. The second-order valence-corrected chi connectivity index (χ2v) is 11.7. The molecule has 42 heavy (non-hydrogen) atoms. The van der Waals surface area contributed by atoms with Crippen molar-refractivity contribution in [1.82, 2.24) is 29.7 Å². The first-order valence-electron chi connectivity index (χ1n) is 14.7. The number of amides is 2. The van der Waals surface area contributed by atoms with Crippen molar-refractivity contribution in [2.24, 2.45) is 0 Å². The molecule has 11 heteroatoms. The van der Waals surface area contributed by atoms with Crippen molar-refractivity contribution in [3.05, 3.63) is 71.2 Å². The highest BCUT2D eigenvalue weighted by molar-refractivity contribution is 5.94. The maximum atomic E-state index is 13.2. The molecule has 3 aliphatic heterocycles. The van der Waals surface area contributed by atoms with Gasteiger partial charge in [-0.15, -0.1) is 0 Å². The summed E-state index contributed by atoms with van der Waals surface area (Å²) in [6, 6.07) is 11.5. The number of piperidine rings is 1. The van der Waals surface area contributed by atoms with E-state index in [1.807, 2.05) is 53.6 Å². The fourth-order valence-corrected chi connectivity index (χ4v) is 6.38. The van der Waals surface area contributed by atoms with Crippen molar-refractivity contribution in [3.63, 3.8) is 0 Å². The Labute approximate surface area is 242 Å². The van der Waals surface area contributed by atoms with Gasteiger partial charge in [-0.3, -0.25) is 9.59 Å². The predicted octanol–water partition coefficient (Wildman–Crippen LogP) is 4.64. The number of carbonyl (C=O) groups is 2. The van der Waals surface area contributed by atoms with Crippen LogP contribution in [0.2, 0.25) is 0 Å². The predicted molar refractivity (Wildman–Crippen MR) is 152 cm³/mol. The molecule has 2 saturated heterocycles. The largest absolute Gasteiger partial charge is 0.389 e. The van der Waals surface area contributed by atoms with Crippen LogP contribution < -0.4 is 5.32 Å². The van der Waals surface area contributed by atoms with Crippen molar-refractivity contribution < 1.29 is 22.8 Å². The lowest BCUT2D eigenvalue weighted by Crippen LogP contribution is -2.50. The van der Waals surface area contributed by atoms with Gasteiger partial charge in [-0.2, -0.15) is 18.3 Å². The molecule has 1 N–H and O–H groups in total. The maximum absolute atomic E-state index is 13.2. The summed E-state index contributed by atoms with van der Waals surface area (Å²) >= 11 is 0. The van der Waals surface area contributed by atoms with Crippen LogP contribution in [0, 0.1) is 0 Å². The molecule has 0 aliphatic carbocycles. The number of fused-ring (bicyclic) bond motifs is 1. The zero-order valence-electron chi connectivity index (χ0n) is 23.5. The van der Waals surface area contributed by atoms with Gasteiger partial charge >= 0.3 is 6.18 Å². The number of carbonyl (C=O) groups excluding carboxylic acids is 2. The Balaban J connectivity index is 1.10. The van der Waals surface area contributed by atoms with Crippen LogP contribution in [0.5, 0.6) is 0 Å². The Hall–Kier alpha value is -3.73. The van der Waals surface area contributed by atoms with Gasteiger partial charge < -0.3 is 15.1 Å². The molecular formula is C31H35F3N6O2. The molecule has 1 spiro atoms. The van der Waals surface area contributed by atoms with Crippen LogP contribution in [-0.2, 0) is 11.2 Å². The average Bonchev–Trinajstić information content (AvgIpc) is 3.60. The quantitative estimate of drug-likeness (QED) is 0.460. The molecule has 8 nitrogen and oxygen atoms in total. The van der Waals surface area contributed by atoms with Crippen molar-refractivity contribution in [2.75, 3.05) is 32.7 Å². The summed E-state index contributed by atoms with van der Waals surface area (Å²) < 4.78 is 39.2. The third-order valence-corrected chi connectivity index (χ3v) is 8.72. The van der Waals surface area contributed by atoms with Crippen LogP contribution in [0.3, 0.4) is 0 Å². The minimum Gasteiger partial charge on any atom is -0.339 e. The van der Waals surface area contributed by atoms with Crippen molar-refractivity contribution >= 4 is 23.0 Å². The normalized spacial score (nSPS) is 21.3. The van der Waals surface area contributed by atoms with E-state index in [2.05, 4.69) is 10.4 Å². The first kappa shape index (κ1) is 28.4. The Morgan fingerprint density at radius 2 is 1.86 bits per heavy atom. The molecule has 1 aromatic carbocycles. The molecule has 0 radical (unpaired) electrons. The van der Waals surface area contributed by atoms with E-state index < -0.39 is 24.9 Å². The lowest BCUT2D eigenvalue weighted by Gasteiger charge is -2.34. The van der Waals surface area contributed by atoms with Gasteiger partial charge in [-0.1, -0.05) is 24.6 Å². The second-order valence-electron chi connectivity index (χ2n) is 11.7. The van der Waals surface area contributed by atoms with Gasteiger partial charge in [0.05, 0.1) is 6.42 Å². The third-order valence-electron chi connectivity index (χ3n) is 8.72. The van der Waals surface area contributed by atoms with Crippen molar-refractivity contribution in [1.29, 1.82) is 0 Å². The van der Waals surface area contributed by atoms with Gasteiger partial charge in [0.25, 0.3) is 5.91 Å². The summed E-state index contributed by atoms with van der Waals surface area (Å²) in [7, 11) is 0. The Bertz CT molecular complexity index is 1490. The number of aromatic nitrogens is 3. The Morgan fingerprint density at radius 1 is 1.02 bits per heavy atom. The highest BCUT2D eigenvalue weighted by Crippen LogP contribution is 2.31. The van der Waals surface area contributed by atoms with Crippen LogP contribution in [0.4, 0.5) is 13.2 Å². The zero-order valence-corrected chi connectivity index (χ0v) is 23.5. The van der Waals surface area contributed by atoms with E-state index in [1.54, 1.807) is 4.52 Å². The van der Waals surface area contributed by atoms with Crippen molar-refractivity contribution in [3.8, 4) is 0 Å². The number of nitrogens with one attached hydrogen (secondary N) is 1. The Kier molecular flexibility index (Phi) is 7.78. The molecule has 6 rings (SSSR count). The second kappa shape index (κ2) is 11.5. The molecule has 1 unspecified atom stereocenters. The molecule has 1 atom stereocenters. The van der Waals surface area contributed by atoms with E-state index in [4.69, 9.17) is 4.98 Å². The molecule has 2 aromatic heterocycles. The van der Waals surface area contributed by atoms with Crippen LogP contribution in [0.1, 0.15) is 72.3 Å². The SMILES string of the molecule is O=C(CCC(F)(F)F)N1CC=C(c2cccn3nc(Cc4ccc(C(=O)N5CCC6(CCCCN6)C5)cc4)nc23)CC1. The number of hydrogen-bond acceptors (Lipinski definition) is 5. The summed E-state index contributed by atoms with van der Waals surface area (Å²) in [5, 5.41) is 8.30. The molecule has 2 fully saturated rings. The van der Waals surface area contributed by atoms with Gasteiger partial charge in [0, 0.05) is 61.9 Å². The summed E-state index contributed by atoms with van der Waals surface area (Å²) in [4.78, 5) is 33.6. The number of nitrogens with zero attached hydrogens (tertiary/aromatic N) is 5. The highest BCUT2D eigenvalue weighted by atomic mass is 19.4. The highest BCUT2D eigenvalue weighted by Gasteiger charge is 2.40. The van der Waals surface area contributed by atoms with E-state index in [0.717, 1.165) is 49.2 Å². The van der Waals surface area contributed by atoms with E-state index in [9.17, 15) is 22.8 Å². The van der Waals surface area contributed by atoms with Crippen LogP contribution in [-0.4, -0.2) is 80.7 Å². The smallest absolute Gasteiger partial charge is 0.339 e. The third kappa shape index (κ3) is 6.21. The number of likely N-dealkylation sites (tertiary alicyclic amines) is 1. The standard InChI is InChI=1S/C31H35F3N6O2/c32-31(33,34)13-9-27(41)38-17-10-23(11-18-38)25-4-3-16-40-28(25)36-26(37-40)20-22-5-7-24(8-6-22)29(42)39-19-14-30(21-39)12-1-2-15-35-30/h3-8,10,16,35H,1-2,9,11-15,17-21H2. The molecule has 5 heterocycles. The van der Waals surface area contributed by atoms with Crippen molar-refractivity contribution in [2.45, 2.75) is 63.1 Å². The molecule has 3 aliphatic rings. The lowest BCUT2D eigenvalue weighted by atomic mass is 9.88. The van der Waals surface area contributed by atoms with Gasteiger partial charge in [0.15, 0.2) is 11.5 Å². The van der Waals surface area contributed by atoms with Gasteiger partial charge in [0.1, 0.15) is 0 Å². The summed E-state index contributed by atoms with van der Waals surface area (Å²) in [5.41, 5.74) is 4.36. The molecule has 2 amide bonds. The van der Waals surface area contributed by atoms with Gasteiger partial charge in [0.2, 0.25) is 5.91 Å². The molecule has 222 valence electrons. The van der Waals surface area contributed by atoms with Gasteiger partial charge in [-0.25, -0.2) is 9.50 Å². The fraction of sp³-hybridized carbons (Fsp3) is 0.484. The lowest BCUT2D eigenvalue weighted by molar-refractivity contribution is -0.148. The number of rotatable bonds is 6. The van der Waals surface area contributed by atoms with E-state index in [1.165, 1.54) is 17.7 Å². The number of halogens is 3. The number of pyridine rings is 1. The average molecular weight is 581 g/mol. The summed E-state index contributed by atoms with van der Waals surface area (Å²) in [6.45, 7) is 3.22. The monoisotopic (exact) mass is 580 g/mol. The van der Waals surface area contributed by atoms with E-state index in [0.29, 0.717) is 36.4 Å². The Morgan fingerprint density at radius 3 is 2.57 bits per heavy atom. The molecule has 0 bridgehead atoms. The molecule has 3 aromatic rings. The number of benzene rings is 1. The summed E-state index contributed by atoms with van der Waals surface area (Å²) in [5.74, 6) is 0.235. The first-order chi connectivity index (χ1) is 20.2. The minimum absolute atomic E-state index is 0.0719. The fourth-order valence-electron chi connectivity index (χ4n) is 6.38. The van der Waals surface area contributed by atoms with Gasteiger partial charge in [-0.05, 0) is 67.6 Å². The zero-order chi connectivity index (χ0) is 29.3. The maximum Gasteiger partial charge on any atom is 0.389 e. The van der Waals surface area contributed by atoms with E-state index in [-0.39, 0.29) is 18.0 Å². The van der Waals surface area contributed by atoms with Crippen LogP contribution in [0.15, 0.2) is 48.7 Å². The van der Waals surface area contributed by atoms with Crippen LogP contribution >= 0.6 is 0 Å².